The second-order valence-electron chi connectivity index (χ2n) is 6.36. The van der Waals surface area contributed by atoms with Gasteiger partial charge in [0.2, 0.25) is 5.76 Å². The van der Waals surface area contributed by atoms with Crippen molar-refractivity contribution in [3.63, 3.8) is 0 Å². The smallest absolute Gasteiger partial charge is 0.374 e. The minimum absolute atomic E-state index is 0.0152. The van der Waals surface area contributed by atoms with Gasteiger partial charge in [0.25, 0.3) is 0 Å². The van der Waals surface area contributed by atoms with Crippen molar-refractivity contribution in [1.29, 1.82) is 0 Å². The lowest BCUT2D eigenvalue weighted by Crippen LogP contribution is -2.11. The molecule has 0 saturated carbocycles. The summed E-state index contributed by atoms with van der Waals surface area (Å²) in [6.07, 6.45) is 0. The highest BCUT2D eigenvalue weighted by molar-refractivity contribution is 5.96. The van der Waals surface area contributed by atoms with Crippen molar-refractivity contribution in [1.82, 2.24) is 5.16 Å². The summed E-state index contributed by atoms with van der Waals surface area (Å²) in [5, 5.41) is 4.55. The van der Waals surface area contributed by atoms with Crippen LogP contribution in [0.25, 0.3) is 11.0 Å². The third-order valence-electron chi connectivity index (χ3n) is 4.12. The fourth-order valence-electron chi connectivity index (χ4n) is 2.84. The second-order valence-corrected chi connectivity index (χ2v) is 6.36. The zero-order valence-electron chi connectivity index (χ0n) is 15.7. The van der Waals surface area contributed by atoms with Gasteiger partial charge in [0, 0.05) is 11.3 Å². The van der Waals surface area contributed by atoms with E-state index < -0.39 is 11.9 Å². The number of hydrogen-bond acceptors (Lipinski definition) is 7. The predicted octanol–water partition coefficient (Wildman–Crippen LogP) is 4.39. The van der Waals surface area contributed by atoms with E-state index in [1.165, 1.54) is 0 Å². The number of carbonyl (C=O) groups excluding carboxylic acids is 2. The Bertz CT molecular complexity index is 982. The Hall–Kier alpha value is -3.09. The average Bonchev–Trinajstić information content (AvgIpc) is 3.20. The molecule has 0 unspecified atom stereocenters. The third-order valence-corrected chi connectivity index (χ3v) is 4.12. The van der Waals surface area contributed by atoms with Crippen molar-refractivity contribution in [3.05, 3.63) is 52.6 Å². The Balaban J connectivity index is 1.91. The van der Waals surface area contributed by atoms with Gasteiger partial charge in [-0.25, -0.2) is 9.59 Å². The van der Waals surface area contributed by atoms with Crippen molar-refractivity contribution in [2.75, 3.05) is 6.61 Å². The van der Waals surface area contributed by atoms with Gasteiger partial charge in [0.05, 0.1) is 17.9 Å². The zero-order valence-corrected chi connectivity index (χ0v) is 15.7. The van der Waals surface area contributed by atoms with Gasteiger partial charge < -0.3 is 18.4 Å². The molecule has 1 aromatic carbocycles. The lowest BCUT2D eigenvalue weighted by atomic mass is 10.1. The Kier molecular flexibility index (Phi) is 5.30. The topological polar surface area (TPSA) is 91.8 Å². The maximum absolute atomic E-state index is 12.6. The molecule has 142 valence electrons. The van der Waals surface area contributed by atoms with Crippen LogP contribution in [0.2, 0.25) is 0 Å². The number of aromatic nitrogens is 1. The number of esters is 2. The number of fused-ring (bicyclic) bond motifs is 1. The summed E-state index contributed by atoms with van der Waals surface area (Å²) in [5.41, 5.74) is 1.77. The van der Waals surface area contributed by atoms with Gasteiger partial charge in [-0.3, -0.25) is 0 Å². The number of rotatable bonds is 6. The maximum Gasteiger partial charge on any atom is 0.374 e. The number of carbonyl (C=O) groups is 2. The molecule has 0 atom stereocenters. The van der Waals surface area contributed by atoms with Crippen molar-refractivity contribution >= 4 is 22.9 Å². The Morgan fingerprint density at radius 3 is 2.59 bits per heavy atom. The molecular formula is C20H21NO6. The van der Waals surface area contributed by atoms with E-state index in [1.54, 1.807) is 32.0 Å². The molecule has 3 aromatic rings. The summed E-state index contributed by atoms with van der Waals surface area (Å²) in [6, 6.07) is 7.16. The summed E-state index contributed by atoms with van der Waals surface area (Å²) >= 11 is 0. The molecule has 0 spiro atoms. The highest BCUT2D eigenvalue weighted by Gasteiger charge is 2.26. The minimum atomic E-state index is -0.594. The molecule has 0 aliphatic heterocycles. The van der Waals surface area contributed by atoms with Gasteiger partial charge in [0.15, 0.2) is 5.76 Å². The fraction of sp³-hybridized carbons (Fsp3) is 0.350. The molecule has 0 amide bonds. The van der Waals surface area contributed by atoms with E-state index in [4.69, 9.17) is 18.4 Å². The van der Waals surface area contributed by atoms with E-state index in [0.29, 0.717) is 33.6 Å². The quantitative estimate of drug-likeness (QED) is 0.593. The van der Waals surface area contributed by atoms with Crippen LogP contribution in [0, 0.1) is 6.92 Å². The number of ether oxygens (including phenoxy) is 2. The first-order valence-electron chi connectivity index (χ1n) is 8.74. The number of hydrogen-bond donors (Lipinski definition) is 0. The van der Waals surface area contributed by atoms with Gasteiger partial charge in [-0.2, -0.15) is 0 Å². The van der Waals surface area contributed by atoms with Crippen LogP contribution < -0.4 is 0 Å². The van der Waals surface area contributed by atoms with E-state index >= 15 is 0 Å². The van der Waals surface area contributed by atoms with Crippen LogP contribution in [0.15, 0.2) is 33.2 Å². The number of nitrogens with zero attached hydrogens (tertiary/aromatic N) is 1. The van der Waals surface area contributed by atoms with E-state index in [9.17, 15) is 9.59 Å². The molecule has 27 heavy (non-hydrogen) atoms. The lowest BCUT2D eigenvalue weighted by Gasteiger charge is -2.07. The van der Waals surface area contributed by atoms with Gasteiger partial charge in [-0.15, -0.1) is 0 Å². The van der Waals surface area contributed by atoms with Crippen LogP contribution in [0.3, 0.4) is 0 Å². The molecular weight excluding hydrogens is 350 g/mol. The van der Waals surface area contributed by atoms with Crippen LogP contribution in [0.1, 0.15) is 64.6 Å². The van der Waals surface area contributed by atoms with E-state index in [-0.39, 0.29) is 24.9 Å². The molecule has 0 aliphatic carbocycles. The summed E-state index contributed by atoms with van der Waals surface area (Å²) in [5.74, 6) is -0.656. The van der Waals surface area contributed by atoms with Crippen LogP contribution >= 0.6 is 0 Å². The third kappa shape index (κ3) is 3.58. The number of aryl methyl sites for hydroxylation is 1. The largest absolute Gasteiger partial charge is 0.460 e. The Morgan fingerprint density at radius 1 is 1.15 bits per heavy atom. The SMILES string of the molecule is CCOC(=O)c1oc2ccccc2c1COC(=O)c1c(C)noc1C(C)C. The van der Waals surface area contributed by atoms with E-state index in [0.717, 1.165) is 0 Å². The molecule has 0 radical (unpaired) electrons. The highest BCUT2D eigenvalue weighted by Crippen LogP contribution is 2.28. The Labute approximate surface area is 156 Å². The molecule has 0 bridgehead atoms. The molecule has 2 aromatic heterocycles. The van der Waals surface area contributed by atoms with Crippen molar-refractivity contribution in [2.45, 2.75) is 40.2 Å². The number of para-hydroxylation sites is 1. The van der Waals surface area contributed by atoms with E-state index in [1.807, 2.05) is 19.9 Å². The Morgan fingerprint density at radius 2 is 1.89 bits per heavy atom. The van der Waals surface area contributed by atoms with E-state index in [2.05, 4.69) is 5.16 Å². The molecule has 0 N–H and O–H groups in total. The minimum Gasteiger partial charge on any atom is -0.460 e. The highest BCUT2D eigenvalue weighted by atomic mass is 16.5. The van der Waals surface area contributed by atoms with Gasteiger partial charge >= 0.3 is 11.9 Å². The monoisotopic (exact) mass is 371 g/mol. The van der Waals surface area contributed by atoms with Crippen LogP contribution in [0.4, 0.5) is 0 Å². The number of furan rings is 1. The van der Waals surface area contributed by atoms with Crippen LogP contribution in [-0.2, 0) is 16.1 Å². The summed E-state index contributed by atoms with van der Waals surface area (Å²) in [4.78, 5) is 24.8. The first-order chi connectivity index (χ1) is 12.9. The zero-order chi connectivity index (χ0) is 19.6. The first-order valence-corrected chi connectivity index (χ1v) is 8.74. The summed E-state index contributed by atoms with van der Waals surface area (Å²) in [6.45, 7) is 7.28. The van der Waals surface area contributed by atoms with Gasteiger partial charge in [0.1, 0.15) is 17.8 Å². The van der Waals surface area contributed by atoms with Crippen LogP contribution in [0.5, 0.6) is 0 Å². The molecule has 0 aliphatic rings. The second kappa shape index (κ2) is 7.65. The van der Waals surface area contributed by atoms with Crippen molar-refractivity contribution < 1.29 is 28.0 Å². The maximum atomic E-state index is 12.6. The van der Waals surface area contributed by atoms with Gasteiger partial charge in [-0.05, 0) is 19.9 Å². The molecule has 0 saturated heterocycles. The molecule has 2 heterocycles. The molecule has 7 heteroatoms. The lowest BCUT2D eigenvalue weighted by molar-refractivity contribution is 0.0433. The summed E-state index contributed by atoms with van der Waals surface area (Å²) < 4.78 is 21.4. The molecule has 3 rings (SSSR count). The molecule has 0 fully saturated rings. The standard InChI is InChI=1S/C20H21NO6/c1-5-24-20(23)18-14(13-8-6-7-9-15(13)26-18)10-25-19(22)16-12(4)21-27-17(16)11(2)3/h6-9,11H,5,10H2,1-4H3. The average molecular weight is 371 g/mol. The predicted molar refractivity (Wildman–Crippen MR) is 96.6 cm³/mol. The molecule has 7 nitrogen and oxygen atoms in total. The van der Waals surface area contributed by atoms with Crippen molar-refractivity contribution in [3.8, 4) is 0 Å². The van der Waals surface area contributed by atoms with Gasteiger partial charge in [-0.1, -0.05) is 37.2 Å². The fourth-order valence-corrected chi connectivity index (χ4v) is 2.84. The number of benzene rings is 1. The van der Waals surface area contributed by atoms with Crippen LogP contribution in [-0.4, -0.2) is 23.7 Å². The van der Waals surface area contributed by atoms with Crippen molar-refractivity contribution in [2.24, 2.45) is 0 Å². The summed E-state index contributed by atoms with van der Waals surface area (Å²) in [7, 11) is 0. The first kappa shape index (κ1) is 18.7. The normalized spacial score (nSPS) is 11.1.